The number of amides is 1. The van der Waals surface area contributed by atoms with E-state index in [0.29, 0.717) is 48.8 Å². The van der Waals surface area contributed by atoms with Crippen LogP contribution >= 0.6 is 11.6 Å². The molecular formula is C22H28ClN7O2. The number of nitrogens with two attached hydrogens (primary N) is 3. The minimum Gasteiger partial charge on any atom is -0.404 e. The van der Waals surface area contributed by atoms with Gasteiger partial charge in [-0.2, -0.15) is 0 Å². The predicted octanol–water partition coefficient (Wildman–Crippen LogP) is 2.82. The number of nitrogens with zero attached hydrogens (tertiary/aromatic N) is 3. The Balaban J connectivity index is 0.00000176. The van der Waals surface area contributed by atoms with Crippen LogP contribution in [0.25, 0.3) is 11.1 Å². The molecule has 0 saturated carbocycles. The van der Waals surface area contributed by atoms with Crippen molar-refractivity contribution in [2.75, 3.05) is 31.2 Å². The number of pyridine rings is 1. The Morgan fingerprint density at radius 2 is 1.94 bits per heavy atom. The molecule has 32 heavy (non-hydrogen) atoms. The summed E-state index contributed by atoms with van der Waals surface area (Å²) >= 11 is 6.25. The van der Waals surface area contributed by atoms with Gasteiger partial charge in [-0.3, -0.25) is 4.79 Å². The van der Waals surface area contributed by atoms with E-state index in [-0.39, 0.29) is 22.2 Å². The fourth-order valence-electron chi connectivity index (χ4n) is 3.19. The Bertz CT molecular complexity index is 1030. The van der Waals surface area contributed by atoms with Gasteiger partial charge in [0.2, 0.25) is 0 Å². The first kappa shape index (κ1) is 24.8. The van der Waals surface area contributed by atoms with Gasteiger partial charge in [-0.25, -0.2) is 9.98 Å². The highest BCUT2D eigenvalue weighted by Gasteiger charge is 2.22. The molecule has 0 unspecified atom stereocenters. The van der Waals surface area contributed by atoms with E-state index in [2.05, 4.69) is 9.98 Å². The van der Waals surface area contributed by atoms with Gasteiger partial charge in [0.15, 0.2) is 5.82 Å². The average Bonchev–Trinajstić information content (AvgIpc) is 2.80. The average molecular weight is 458 g/mol. The first-order valence-corrected chi connectivity index (χ1v) is 10.5. The van der Waals surface area contributed by atoms with Crippen LogP contribution in [0.5, 0.6) is 0 Å². The van der Waals surface area contributed by atoms with Crippen LogP contribution in [0.3, 0.4) is 0 Å². The molecule has 0 radical (unpaired) electrons. The van der Waals surface area contributed by atoms with E-state index in [1.165, 1.54) is 12.3 Å². The zero-order valence-electron chi connectivity index (χ0n) is 18.1. The molecule has 1 fully saturated rings. The van der Waals surface area contributed by atoms with Crippen molar-refractivity contribution in [3.8, 4) is 11.1 Å². The highest BCUT2D eigenvalue weighted by atomic mass is 35.5. The van der Waals surface area contributed by atoms with Gasteiger partial charge in [0.05, 0.1) is 23.8 Å². The number of rotatable bonds is 6. The zero-order valence-corrected chi connectivity index (χ0v) is 18.9. The minimum atomic E-state index is -0.674. The highest BCUT2D eigenvalue weighted by Crippen LogP contribution is 2.36. The Morgan fingerprint density at radius 3 is 2.53 bits per heavy atom. The fourth-order valence-corrected chi connectivity index (χ4v) is 3.46. The van der Waals surface area contributed by atoms with Crippen molar-refractivity contribution < 1.29 is 9.53 Å². The van der Waals surface area contributed by atoms with Crippen LogP contribution in [0.1, 0.15) is 29.8 Å². The normalized spacial score (nSPS) is 14.1. The molecule has 1 aliphatic rings. The summed E-state index contributed by atoms with van der Waals surface area (Å²) in [5.41, 5.74) is 18.4. The topological polar surface area (TPSA) is 157 Å². The SMILES string of the molecule is CC.N=Cc1c(-c2cccc(Cl)c2C(N)=O)cc(N2CCOCC2)nc1/N=C(N)\C=C/N. The van der Waals surface area contributed by atoms with Gasteiger partial charge in [0.1, 0.15) is 11.7 Å². The molecule has 9 nitrogen and oxygen atoms in total. The summed E-state index contributed by atoms with van der Waals surface area (Å²) in [6, 6.07) is 6.80. The largest absolute Gasteiger partial charge is 0.404 e. The molecule has 1 saturated heterocycles. The lowest BCUT2D eigenvalue weighted by atomic mass is 9.95. The molecule has 10 heteroatoms. The van der Waals surface area contributed by atoms with Gasteiger partial charge >= 0.3 is 0 Å². The number of amidine groups is 1. The number of aromatic nitrogens is 1. The van der Waals surface area contributed by atoms with Crippen molar-refractivity contribution in [2.24, 2.45) is 22.2 Å². The second kappa shape index (κ2) is 11.8. The summed E-state index contributed by atoms with van der Waals surface area (Å²) in [6.07, 6.45) is 3.79. The van der Waals surface area contributed by atoms with E-state index in [1.807, 2.05) is 18.7 Å². The number of nitrogens with one attached hydrogen (secondary N) is 1. The molecule has 1 amide bonds. The number of carbonyl (C=O) groups excluding carboxylic acids is 1. The molecular weight excluding hydrogens is 430 g/mol. The van der Waals surface area contributed by atoms with Crippen LogP contribution in [0.15, 0.2) is 41.5 Å². The third-order valence-corrected chi connectivity index (χ3v) is 4.87. The van der Waals surface area contributed by atoms with Gasteiger partial charge < -0.3 is 32.2 Å². The molecule has 1 aliphatic heterocycles. The Labute approximate surface area is 192 Å². The lowest BCUT2D eigenvalue weighted by Crippen LogP contribution is -2.36. The van der Waals surface area contributed by atoms with E-state index < -0.39 is 5.91 Å². The molecule has 0 bridgehead atoms. The number of ether oxygens (including phenoxy) is 1. The molecule has 0 spiro atoms. The number of carbonyl (C=O) groups is 1. The number of hydrogen-bond acceptors (Lipinski definition) is 7. The lowest BCUT2D eigenvalue weighted by Gasteiger charge is -2.29. The van der Waals surface area contributed by atoms with Crippen LogP contribution < -0.4 is 22.1 Å². The molecule has 0 atom stereocenters. The van der Waals surface area contributed by atoms with Gasteiger partial charge in [0, 0.05) is 24.9 Å². The molecule has 170 valence electrons. The van der Waals surface area contributed by atoms with Crippen LogP contribution in [-0.4, -0.2) is 49.2 Å². The summed E-state index contributed by atoms with van der Waals surface area (Å²) in [4.78, 5) is 23.1. The summed E-state index contributed by atoms with van der Waals surface area (Å²) in [7, 11) is 0. The van der Waals surface area contributed by atoms with Crippen molar-refractivity contribution in [3.05, 3.63) is 52.7 Å². The number of morpholine rings is 1. The standard InChI is InChI=1S/C20H22ClN7O2.C2H6/c21-15-3-1-2-12(18(15)19(25)29)13-10-17(28-6-8-30-9-7-28)27-20(14(13)11-23)26-16(24)4-5-22;1-2/h1-5,10-11,23H,6-9,22H2,(H2,25,29)(H2,24,26,27);1-2H3/b5-4-,23-11?;. The third-order valence-electron chi connectivity index (χ3n) is 4.56. The molecule has 1 aromatic heterocycles. The Hall–Kier alpha value is -3.43. The van der Waals surface area contributed by atoms with E-state index in [9.17, 15) is 4.79 Å². The number of anilines is 1. The molecule has 0 aliphatic carbocycles. The zero-order chi connectivity index (χ0) is 23.7. The summed E-state index contributed by atoms with van der Waals surface area (Å²) in [6.45, 7) is 6.39. The molecule has 1 aromatic carbocycles. The fraction of sp³-hybridized carbons (Fsp3) is 0.273. The van der Waals surface area contributed by atoms with Crippen LogP contribution in [0, 0.1) is 5.41 Å². The van der Waals surface area contributed by atoms with Gasteiger partial charge in [-0.05, 0) is 35.5 Å². The maximum Gasteiger partial charge on any atom is 0.250 e. The van der Waals surface area contributed by atoms with Gasteiger partial charge in [-0.1, -0.05) is 37.6 Å². The van der Waals surface area contributed by atoms with Crippen molar-refractivity contribution in [3.63, 3.8) is 0 Å². The molecule has 7 N–H and O–H groups in total. The van der Waals surface area contributed by atoms with Crippen molar-refractivity contribution in [2.45, 2.75) is 13.8 Å². The van der Waals surface area contributed by atoms with Crippen molar-refractivity contribution in [1.29, 1.82) is 5.41 Å². The maximum atomic E-state index is 12.1. The van der Waals surface area contributed by atoms with Gasteiger partial charge in [-0.15, -0.1) is 0 Å². The quantitative estimate of drug-likeness (QED) is 0.385. The number of benzene rings is 1. The molecule has 3 rings (SSSR count). The Morgan fingerprint density at radius 1 is 1.25 bits per heavy atom. The Kier molecular flexibility index (Phi) is 9.18. The second-order valence-corrected chi connectivity index (χ2v) is 6.84. The number of hydrogen-bond donors (Lipinski definition) is 4. The van der Waals surface area contributed by atoms with Crippen molar-refractivity contribution >= 4 is 41.2 Å². The van der Waals surface area contributed by atoms with Crippen LogP contribution in [-0.2, 0) is 4.74 Å². The maximum absolute atomic E-state index is 12.1. The summed E-state index contributed by atoms with van der Waals surface area (Å²) in [5, 5.41) is 8.19. The van der Waals surface area contributed by atoms with E-state index >= 15 is 0 Å². The van der Waals surface area contributed by atoms with E-state index in [0.717, 1.165) is 6.21 Å². The smallest absolute Gasteiger partial charge is 0.250 e. The molecule has 2 heterocycles. The predicted molar refractivity (Wildman–Crippen MR) is 130 cm³/mol. The number of aliphatic imine (C=N–C) groups is 1. The highest BCUT2D eigenvalue weighted by molar-refractivity contribution is 6.34. The number of halogens is 1. The first-order chi connectivity index (χ1) is 15.5. The summed E-state index contributed by atoms with van der Waals surface area (Å²) < 4.78 is 5.42. The lowest BCUT2D eigenvalue weighted by molar-refractivity contribution is 0.100. The van der Waals surface area contributed by atoms with Crippen molar-refractivity contribution in [1.82, 2.24) is 4.98 Å². The monoisotopic (exact) mass is 457 g/mol. The first-order valence-electron chi connectivity index (χ1n) is 10.2. The van der Waals surface area contributed by atoms with Crippen LogP contribution in [0.2, 0.25) is 5.02 Å². The van der Waals surface area contributed by atoms with Crippen LogP contribution in [0.4, 0.5) is 11.6 Å². The minimum absolute atomic E-state index is 0.124. The van der Waals surface area contributed by atoms with Gasteiger partial charge in [0.25, 0.3) is 5.91 Å². The second-order valence-electron chi connectivity index (χ2n) is 6.43. The number of primary amides is 1. The molecule has 2 aromatic rings. The van der Waals surface area contributed by atoms with E-state index in [4.69, 9.17) is 38.9 Å². The third kappa shape index (κ3) is 5.63. The summed E-state index contributed by atoms with van der Waals surface area (Å²) in [5.74, 6) is 0.277. The van der Waals surface area contributed by atoms with E-state index in [1.54, 1.807) is 24.3 Å².